The lowest BCUT2D eigenvalue weighted by molar-refractivity contribution is 0.0694. The summed E-state index contributed by atoms with van der Waals surface area (Å²) in [6.45, 7) is 0.572. The van der Waals surface area contributed by atoms with Crippen molar-refractivity contribution in [3.05, 3.63) is 75.6 Å². The zero-order valence-electron chi connectivity index (χ0n) is 16.6. The minimum atomic E-state index is -1.42. The van der Waals surface area contributed by atoms with Crippen molar-refractivity contribution in [3.8, 4) is 0 Å². The molecule has 2 aliphatic rings. The van der Waals surface area contributed by atoms with Gasteiger partial charge in [0.25, 0.3) is 0 Å². The summed E-state index contributed by atoms with van der Waals surface area (Å²) >= 11 is 0. The molecule has 1 aliphatic carbocycles. The summed E-state index contributed by atoms with van der Waals surface area (Å²) < 4.78 is 32.4. The summed E-state index contributed by atoms with van der Waals surface area (Å²) in [5, 5.41) is 9.10. The molecule has 2 fully saturated rings. The SMILES string of the molecule is N[C@]1(c2ccccc2)CCN(c2c(F)cc3c(=O)c(C(=O)O)cn(C4CC4)c3c2F)C1. The minimum absolute atomic E-state index is 0.0527. The Bertz CT molecular complexity index is 1270. The van der Waals surface area contributed by atoms with Crippen LogP contribution in [0, 0.1) is 11.6 Å². The Hall–Kier alpha value is -3.26. The number of pyridine rings is 1. The first-order chi connectivity index (χ1) is 14.8. The van der Waals surface area contributed by atoms with E-state index in [2.05, 4.69) is 0 Å². The molecule has 1 saturated heterocycles. The third-order valence-electron chi connectivity index (χ3n) is 6.32. The number of fused-ring (bicyclic) bond motifs is 1. The molecule has 3 N–H and O–H groups in total. The smallest absolute Gasteiger partial charge is 0.341 e. The number of aromatic nitrogens is 1. The number of halogens is 2. The van der Waals surface area contributed by atoms with E-state index < -0.39 is 34.1 Å². The summed E-state index contributed by atoms with van der Waals surface area (Å²) in [6, 6.07) is 10.3. The van der Waals surface area contributed by atoms with E-state index in [1.807, 2.05) is 30.3 Å². The van der Waals surface area contributed by atoms with Crippen molar-refractivity contribution in [2.75, 3.05) is 18.0 Å². The van der Waals surface area contributed by atoms with Crippen molar-refractivity contribution in [2.45, 2.75) is 30.8 Å². The zero-order valence-corrected chi connectivity index (χ0v) is 16.6. The number of nitrogens with two attached hydrogens (primary N) is 1. The largest absolute Gasteiger partial charge is 0.477 e. The van der Waals surface area contributed by atoms with Crippen LogP contribution in [-0.4, -0.2) is 28.7 Å². The van der Waals surface area contributed by atoms with Crippen LogP contribution in [0.25, 0.3) is 10.9 Å². The number of hydrogen-bond acceptors (Lipinski definition) is 4. The number of nitrogens with zero attached hydrogens (tertiary/aromatic N) is 2. The fourth-order valence-electron chi connectivity index (χ4n) is 4.54. The van der Waals surface area contributed by atoms with Gasteiger partial charge in [0.15, 0.2) is 5.82 Å². The quantitative estimate of drug-likeness (QED) is 0.669. The van der Waals surface area contributed by atoms with E-state index in [1.165, 1.54) is 10.8 Å². The number of carboxylic acid groups (broad SMARTS) is 1. The Morgan fingerprint density at radius 1 is 1.19 bits per heavy atom. The van der Waals surface area contributed by atoms with Crippen molar-refractivity contribution in [3.63, 3.8) is 0 Å². The third-order valence-corrected chi connectivity index (χ3v) is 6.32. The number of carbonyl (C=O) groups is 1. The molecule has 0 unspecified atom stereocenters. The van der Waals surface area contributed by atoms with Gasteiger partial charge in [-0.1, -0.05) is 30.3 Å². The average molecular weight is 425 g/mol. The average Bonchev–Trinajstić information content (AvgIpc) is 3.51. The van der Waals surface area contributed by atoms with Gasteiger partial charge in [0, 0.05) is 25.3 Å². The monoisotopic (exact) mass is 425 g/mol. The molecule has 2 heterocycles. The fourth-order valence-corrected chi connectivity index (χ4v) is 4.54. The minimum Gasteiger partial charge on any atom is -0.477 e. The predicted molar refractivity (Wildman–Crippen MR) is 112 cm³/mol. The Balaban J connectivity index is 1.66. The molecule has 31 heavy (non-hydrogen) atoms. The van der Waals surface area contributed by atoms with E-state index in [4.69, 9.17) is 5.73 Å². The summed E-state index contributed by atoms with van der Waals surface area (Å²) in [4.78, 5) is 25.7. The molecule has 6 nitrogen and oxygen atoms in total. The molecule has 0 bridgehead atoms. The Morgan fingerprint density at radius 3 is 2.55 bits per heavy atom. The molecule has 160 valence electrons. The van der Waals surface area contributed by atoms with Gasteiger partial charge in [-0.3, -0.25) is 4.79 Å². The lowest BCUT2D eigenvalue weighted by Crippen LogP contribution is -2.40. The standard InChI is InChI=1S/C23H21F2N3O3/c24-17-10-15-19(28(14-6-7-14)11-16(21(15)29)22(30)31)18(25)20(17)27-9-8-23(26,12-27)13-4-2-1-3-5-13/h1-5,10-11,14H,6-9,12,26H2,(H,30,31)/t23-/m1/s1. The molecule has 0 amide bonds. The van der Waals surface area contributed by atoms with Crippen LogP contribution in [0.5, 0.6) is 0 Å². The number of benzene rings is 2. The van der Waals surface area contributed by atoms with Gasteiger partial charge >= 0.3 is 5.97 Å². The predicted octanol–water partition coefficient (Wildman–Crippen LogP) is 3.38. The van der Waals surface area contributed by atoms with E-state index in [-0.39, 0.29) is 29.2 Å². The first-order valence-electron chi connectivity index (χ1n) is 10.2. The Kier molecular flexibility index (Phi) is 4.37. The fraction of sp³-hybridized carbons (Fsp3) is 0.304. The maximum Gasteiger partial charge on any atom is 0.341 e. The van der Waals surface area contributed by atoms with E-state index in [9.17, 15) is 14.7 Å². The van der Waals surface area contributed by atoms with E-state index in [0.29, 0.717) is 13.0 Å². The highest BCUT2D eigenvalue weighted by atomic mass is 19.1. The molecular weight excluding hydrogens is 404 g/mol. The van der Waals surface area contributed by atoms with Crippen LogP contribution in [0.1, 0.15) is 41.2 Å². The third kappa shape index (κ3) is 3.09. The van der Waals surface area contributed by atoms with Gasteiger partial charge in [-0.25, -0.2) is 13.6 Å². The molecule has 0 spiro atoms. The summed E-state index contributed by atoms with van der Waals surface area (Å²) in [7, 11) is 0. The molecule has 5 rings (SSSR count). The molecule has 1 atom stereocenters. The first kappa shape index (κ1) is 19.7. The normalized spacial score (nSPS) is 21.1. The zero-order chi connectivity index (χ0) is 21.9. The van der Waals surface area contributed by atoms with Crippen LogP contribution < -0.4 is 16.1 Å². The van der Waals surface area contributed by atoms with Crippen LogP contribution in [0.4, 0.5) is 14.5 Å². The second-order valence-electron chi connectivity index (χ2n) is 8.43. The van der Waals surface area contributed by atoms with Gasteiger partial charge in [-0.15, -0.1) is 0 Å². The van der Waals surface area contributed by atoms with Crippen molar-refractivity contribution in [1.29, 1.82) is 0 Å². The number of rotatable bonds is 4. The van der Waals surface area contributed by atoms with Crippen LogP contribution >= 0.6 is 0 Å². The van der Waals surface area contributed by atoms with Crippen LogP contribution in [-0.2, 0) is 5.54 Å². The second kappa shape index (κ2) is 6.88. The van der Waals surface area contributed by atoms with Gasteiger partial charge in [0.1, 0.15) is 17.1 Å². The van der Waals surface area contributed by atoms with Gasteiger partial charge in [0.05, 0.1) is 16.4 Å². The molecule has 0 radical (unpaired) electrons. The number of carboxylic acids is 1. The second-order valence-corrected chi connectivity index (χ2v) is 8.43. The number of hydrogen-bond donors (Lipinski definition) is 2. The van der Waals surface area contributed by atoms with Crippen LogP contribution in [0.15, 0.2) is 47.4 Å². The van der Waals surface area contributed by atoms with Crippen molar-refractivity contribution < 1.29 is 18.7 Å². The maximum absolute atomic E-state index is 15.8. The maximum atomic E-state index is 15.8. The molecule has 1 aromatic heterocycles. The van der Waals surface area contributed by atoms with Crippen molar-refractivity contribution >= 4 is 22.6 Å². The Morgan fingerprint density at radius 2 is 1.90 bits per heavy atom. The molecule has 3 aromatic rings. The van der Waals surface area contributed by atoms with Gasteiger partial charge in [0.2, 0.25) is 5.43 Å². The number of anilines is 1. The van der Waals surface area contributed by atoms with Gasteiger partial charge < -0.3 is 20.3 Å². The highest BCUT2D eigenvalue weighted by Crippen LogP contribution is 2.41. The highest BCUT2D eigenvalue weighted by Gasteiger charge is 2.39. The molecule has 2 aromatic carbocycles. The molecular formula is C23H21F2N3O3. The molecule has 8 heteroatoms. The van der Waals surface area contributed by atoms with Crippen LogP contribution in [0.3, 0.4) is 0 Å². The lowest BCUT2D eigenvalue weighted by Gasteiger charge is -2.27. The van der Waals surface area contributed by atoms with Crippen molar-refractivity contribution in [1.82, 2.24) is 4.57 Å². The summed E-state index contributed by atoms with van der Waals surface area (Å²) in [5.41, 5.74) is 5.06. The van der Waals surface area contributed by atoms with E-state index in [1.54, 1.807) is 4.90 Å². The van der Waals surface area contributed by atoms with E-state index in [0.717, 1.165) is 24.5 Å². The van der Waals surface area contributed by atoms with Crippen LogP contribution in [0.2, 0.25) is 0 Å². The molecule has 1 aliphatic heterocycles. The van der Waals surface area contributed by atoms with Gasteiger partial charge in [-0.05, 0) is 30.9 Å². The lowest BCUT2D eigenvalue weighted by atomic mass is 9.90. The molecule has 1 saturated carbocycles. The highest BCUT2D eigenvalue weighted by molar-refractivity contribution is 5.94. The van der Waals surface area contributed by atoms with E-state index >= 15 is 8.78 Å². The first-order valence-corrected chi connectivity index (χ1v) is 10.2. The Labute approximate surface area is 176 Å². The number of aromatic carboxylic acids is 1. The summed E-state index contributed by atoms with van der Waals surface area (Å²) in [5.74, 6) is -3.17. The summed E-state index contributed by atoms with van der Waals surface area (Å²) in [6.07, 6.45) is 3.18. The van der Waals surface area contributed by atoms with Gasteiger partial charge in [-0.2, -0.15) is 0 Å². The van der Waals surface area contributed by atoms with Crippen molar-refractivity contribution in [2.24, 2.45) is 5.73 Å². The topological polar surface area (TPSA) is 88.6 Å².